The fourth-order valence-electron chi connectivity index (χ4n) is 2.85. The minimum absolute atomic E-state index is 0. The number of hydrogen-bond acceptors (Lipinski definition) is 2. The van der Waals surface area contributed by atoms with Crippen molar-refractivity contribution in [1.82, 2.24) is 5.32 Å². The molecule has 27 heavy (non-hydrogen) atoms. The molecular weight excluding hydrogens is 401 g/mol. The second-order valence-electron chi connectivity index (χ2n) is 6.48. The predicted molar refractivity (Wildman–Crippen MR) is 119 cm³/mol. The molecule has 0 radical (unpaired) electrons. The monoisotopic (exact) mass is 423 g/mol. The summed E-state index contributed by atoms with van der Waals surface area (Å²) in [4.78, 5) is 0. The molecular formula is C22H24Cl3NO. The first-order valence-electron chi connectivity index (χ1n) is 8.89. The van der Waals surface area contributed by atoms with Crippen LogP contribution in [0.4, 0.5) is 0 Å². The first-order valence-corrected chi connectivity index (χ1v) is 9.64. The van der Waals surface area contributed by atoms with Crippen LogP contribution in [-0.2, 0) is 13.2 Å². The minimum atomic E-state index is 0. The molecule has 1 atom stereocenters. The lowest BCUT2D eigenvalue weighted by Crippen LogP contribution is -2.24. The molecule has 0 spiro atoms. The first kappa shape index (κ1) is 21.8. The van der Waals surface area contributed by atoms with Crippen LogP contribution in [0.5, 0.6) is 5.75 Å². The van der Waals surface area contributed by atoms with E-state index in [0.29, 0.717) is 22.7 Å². The van der Waals surface area contributed by atoms with Gasteiger partial charge in [0, 0.05) is 33.8 Å². The van der Waals surface area contributed by atoms with Crippen LogP contribution in [-0.4, -0.2) is 6.04 Å². The van der Waals surface area contributed by atoms with Crippen molar-refractivity contribution in [3.8, 4) is 5.75 Å². The molecule has 0 fully saturated rings. The molecule has 3 rings (SSSR count). The predicted octanol–water partition coefficient (Wildman–Crippen LogP) is 7.04. The van der Waals surface area contributed by atoms with E-state index in [2.05, 4.69) is 49.5 Å². The molecule has 3 aromatic carbocycles. The molecule has 0 aliphatic heterocycles. The Labute approximate surface area is 177 Å². The number of nitrogens with one attached hydrogen (secondary N) is 1. The third-order valence-electron chi connectivity index (χ3n) is 4.64. The summed E-state index contributed by atoms with van der Waals surface area (Å²) in [5, 5.41) is 7.25. The second kappa shape index (κ2) is 10.2. The average Bonchev–Trinajstić information content (AvgIpc) is 2.65. The Morgan fingerprint density at radius 1 is 1.04 bits per heavy atom. The van der Waals surface area contributed by atoms with Gasteiger partial charge in [-0.25, -0.2) is 0 Å². The zero-order valence-electron chi connectivity index (χ0n) is 15.5. The highest BCUT2D eigenvalue weighted by Gasteiger charge is 2.11. The van der Waals surface area contributed by atoms with Gasteiger partial charge in [-0.2, -0.15) is 0 Å². The van der Waals surface area contributed by atoms with Crippen molar-refractivity contribution in [1.29, 1.82) is 0 Å². The van der Waals surface area contributed by atoms with Gasteiger partial charge < -0.3 is 10.1 Å². The molecule has 2 nitrogen and oxygen atoms in total. The quantitative estimate of drug-likeness (QED) is 0.439. The van der Waals surface area contributed by atoms with Crippen LogP contribution in [0.2, 0.25) is 10.0 Å². The van der Waals surface area contributed by atoms with Gasteiger partial charge in [-0.15, -0.1) is 12.4 Å². The van der Waals surface area contributed by atoms with Crippen molar-refractivity contribution in [3.63, 3.8) is 0 Å². The van der Waals surface area contributed by atoms with Crippen LogP contribution in [0.15, 0.2) is 54.6 Å². The van der Waals surface area contributed by atoms with Crippen molar-refractivity contribution in [2.45, 2.75) is 39.5 Å². The highest BCUT2D eigenvalue weighted by molar-refractivity contribution is 6.35. The van der Waals surface area contributed by atoms with Gasteiger partial charge in [-0.1, -0.05) is 66.5 Å². The van der Waals surface area contributed by atoms with Gasteiger partial charge in [0.25, 0.3) is 0 Å². The summed E-state index contributed by atoms with van der Waals surface area (Å²) in [5.74, 6) is 0.880. The zero-order valence-corrected chi connectivity index (χ0v) is 17.8. The molecule has 3 aromatic rings. The van der Waals surface area contributed by atoms with Crippen LogP contribution >= 0.6 is 35.6 Å². The van der Waals surface area contributed by atoms with Gasteiger partial charge in [-0.05, 0) is 42.3 Å². The van der Waals surface area contributed by atoms with Gasteiger partial charge in [0.15, 0.2) is 0 Å². The van der Waals surface area contributed by atoms with Gasteiger partial charge in [0.1, 0.15) is 12.4 Å². The van der Waals surface area contributed by atoms with Crippen molar-refractivity contribution in [2.24, 2.45) is 0 Å². The highest BCUT2D eigenvalue weighted by atomic mass is 35.5. The van der Waals surface area contributed by atoms with Crippen LogP contribution in [0.25, 0.3) is 10.8 Å². The Balaban J connectivity index is 0.00000261. The average molecular weight is 425 g/mol. The van der Waals surface area contributed by atoms with E-state index in [0.717, 1.165) is 24.3 Å². The summed E-state index contributed by atoms with van der Waals surface area (Å²) in [5.41, 5.74) is 2.10. The van der Waals surface area contributed by atoms with E-state index in [9.17, 15) is 0 Å². The van der Waals surface area contributed by atoms with E-state index in [-0.39, 0.29) is 12.4 Å². The van der Waals surface area contributed by atoms with E-state index in [4.69, 9.17) is 27.9 Å². The van der Waals surface area contributed by atoms with Crippen LogP contribution < -0.4 is 10.1 Å². The fourth-order valence-corrected chi connectivity index (χ4v) is 3.31. The largest absolute Gasteiger partial charge is 0.488 e. The van der Waals surface area contributed by atoms with E-state index in [1.165, 1.54) is 16.3 Å². The third kappa shape index (κ3) is 5.52. The maximum Gasteiger partial charge on any atom is 0.124 e. The number of fused-ring (bicyclic) bond motifs is 1. The molecule has 1 N–H and O–H groups in total. The summed E-state index contributed by atoms with van der Waals surface area (Å²) in [6.07, 6.45) is 1.08. The molecule has 0 aliphatic rings. The van der Waals surface area contributed by atoms with Crippen LogP contribution in [0, 0.1) is 0 Å². The lowest BCUT2D eigenvalue weighted by Gasteiger charge is -2.17. The molecule has 0 heterocycles. The molecule has 0 aromatic heterocycles. The Bertz CT molecular complexity index is 898. The van der Waals surface area contributed by atoms with E-state index in [1.807, 2.05) is 18.2 Å². The SMILES string of the molecule is CCC(C)NCc1c(OCc2ccc(Cl)cc2Cl)ccc2ccccc12.Cl. The lowest BCUT2D eigenvalue weighted by molar-refractivity contribution is 0.302. The molecule has 0 saturated heterocycles. The summed E-state index contributed by atoms with van der Waals surface area (Å²) in [6, 6.07) is 18.5. The van der Waals surface area contributed by atoms with Crippen LogP contribution in [0.3, 0.4) is 0 Å². The number of ether oxygens (including phenoxy) is 1. The standard InChI is InChI=1S/C22H23Cl2NO.ClH/c1-3-15(2)25-13-20-19-7-5-4-6-16(19)9-11-22(20)26-14-17-8-10-18(23)12-21(17)24;/h4-12,15,25H,3,13-14H2,1-2H3;1H. The maximum atomic E-state index is 6.28. The molecule has 5 heteroatoms. The number of rotatable bonds is 7. The molecule has 0 amide bonds. The number of benzene rings is 3. The Morgan fingerprint density at radius 3 is 2.56 bits per heavy atom. The first-order chi connectivity index (χ1) is 12.6. The zero-order chi connectivity index (χ0) is 18.5. The number of halogens is 3. The lowest BCUT2D eigenvalue weighted by atomic mass is 10.0. The van der Waals surface area contributed by atoms with Gasteiger partial charge in [0.05, 0.1) is 0 Å². The van der Waals surface area contributed by atoms with E-state index < -0.39 is 0 Å². The summed E-state index contributed by atoms with van der Waals surface area (Å²) in [7, 11) is 0. The van der Waals surface area contributed by atoms with Crippen molar-refractivity contribution < 1.29 is 4.74 Å². The topological polar surface area (TPSA) is 21.3 Å². The van der Waals surface area contributed by atoms with Gasteiger partial charge in [-0.3, -0.25) is 0 Å². The van der Waals surface area contributed by atoms with E-state index in [1.54, 1.807) is 6.07 Å². The Kier molecular flexibility index (Phi) is 8.25. The molecule has 144 valence electrons. The third-order valence-corrected chi connectivity index (χ3v) is 5.22. The minimum Gasteiger partial charge on any atom is -0.488 e. The summed E-state index contributed by atoms with van der Waals surface area (Å²) >= 11 is 12.3. The molecule has 0 bridgehead atoms. The summed E-state index contributed by atoms with van der Waals surface area (Å²) < 4.78 is 6.15. The second-order valence-corrected chi connectivity index (χ2v) is 7.32. The molecule has 1 unspecified atom stereocenters. The fraction of sp³-hybridized carbons (Fsp3) is 0.273. The number of hydrogen-bond donors (Lipinski definition) is 1. The van der Waals surface area contributed by atoms with Crippen molar-refractivity contribution >= 4 is 46.4 Å². The summed E-state index contributed by atoms with van der Waals surface area (Å²) in [6.45, 7) is 5.55. The normalized spacial score (nSPS) is 11.9. The highest BCUT2D eigenvalue weighted by Crippen LogP contribution is 2.30. The van der Waals surface area contributed by atoms with E-state index >= 15 is 0 Å². The van der Waals surface area contributed by atoms with Crippen molar-refractivity contribution in [2.75, 3.05) is 0 Å². The molecule has 0 saturated carbocycles. The van der Waals surface area contributed by atoms with Gasteiger partial charge >= 0.3 is 0 Å². The van der Waals surface area contributed by atoms with Gasteiger partial charge in [0.2, 0.25) is 0 Å². The Hall–Kier alpha value is -1.45. The maximum absolute atomic E-state index is 6.28. The van der Waals surface area contributed by atoms with Crippen molar-refractivity contribution in [3.05, 3.63) is 75.8 Å². The Morgan fingerprint density at radius 2 is 1.81 bits per heavy atom. The smallest absolute Gasteiger partial charge is 0.124 e. The molecule has 0 aliphatic carbocycles. The van der Waals surface area contributed by atoms with Crippen LogP contribution in [0.1, 0.15) is 31.4 Å².